The lowest BCUT2D eigenvalue weighted by atomic mass is 9.94. The number of nitrogens with one attached hydrogen (secondary N) is 2. The second kappa shape index (κ2) is 9.66. The van der Waals surface area contributed by atoms with Gasteiger partial charge in [-0.3, -0.25) is 4.79 Å². The molecular weight excluding hydrogens is 324 g/mol. The number of urea groups is 1. The molecule has 0 spiro atoms. The predicted octanol–water partition coefficient (Wildman–Crippen LogP) is 1.90. The first-order chi connectivity index (χ1) is 9.90. The standard InChI is InChI=1S/C14H24N4O2S.ClH/c1-3-14(16,4-2)9-17-12(19)8-10(18-13(15)20)11-6-5-7-21-11;/h5-7,10H,3-4,8-9,16H2,1-2H3,(H,17,19)(H3,15,18,20);1H. The molecule has 22 heavy (non-hydrogen) atoms. The van der Waals surface area contributed by atoms with Crippen molar-refractivity contribution in [2.24, 2.45) is 11.5 Å². The molecule has 8 heteroatoms. The Kier molecular flexibility index (Phi) is 9.08. The zero-order valence-corrected chi connectivity index (χ0v) is 14.6. The second-order valence-electron chi connectivity index (χ2n) is 5.13. The molecule has 0 aliphatic heterocycles. The molecule has 3 amide bonds. The van der Waals surface area contributed by atoms with Crippen molar-refractivity contribution in [3.63, 3.8) is 0 Å². The number of nitrogens with two attached hydrogens (primary N) is 2. The fourth-order valence-electron chi connectivity index (χ4n) is 1.92. The van der Waals surface area contributed by atoms with Gasteiger partial charge in [0.1, 0.15) is 0 Å². The third-order valence-corrected chi connectivity index (χ3v) is 4.62. The van der Waals surface area contributed by atoms with Crippen LogP contribution in [0.25, 0.3) is 0 Å². The van der Waals surface area contributed by atoms with Crippen molar-refractivity contribution in [1.29, 1.82) is 0 Å². The zero-order chi connectivity index (χ0) is 15.9. The van der Waals surface area contributed by atoms with Crippen molar-refractivity contribution in [3.8, 4) is 0 Å². The third-order valence-electron chi connectivity index (χ3n) is 3.64. The number of halogens is 1. The van der Waals surface area contributed by atoms with E-state index in [1.54, 1.807) is 0 Å². The van der Waals surface area contributed by atoms with E-state index in [9.17, 15) is 9.59 Å². The fraction of sp³-hybridized carbons (Fsp3) is 0.571. The molecule has 1 atom stereocenters. The highest BCUT2D eigenvalue weighted by atomic mass is 35.5. The molecule has 1 aromatic heterocycles. The van der Waals surface area contributed by atoms with Crippen molar-refractivity contribution in [2.75, 3.05) is 6.54 Å². The van der Waals surface area contributed by atoms with Crippen LogP contribution in [0, 0.1) is 0 Å². The summed E-state index contributed by atoms with van der Waals surface area (Å²) in [6.45, 7) is 4.42. The molecule has 0 saturated carbocycles. The molecule has 6 nitrogen and oxygen atoms in total. The first-order valence-electron chi connectivity index (χ1n) is 7.05. The van der Waals surface area contributed by atoms with Gasteiger partial charge in [-0.05, 0) is 24.3 Å². The zero-order valence-electron chi connectivity index (χ0n) is 12.9. The Balaban J connectivity index is 0.00000441. The molecule has 1 aromatic rings. The van der Waals surface area contributed by atoms with Gasteiger partial charge >= 0.3 is 6.03 Å². The van der Waals surface area contributed by atoms with E-state index < -0.39 is 12.1 Å². The van der Waals surface area contributed by atoms with Crippen LogP contribution < -0.4 is 22.1 Å². The molecule has 0 bridgehead atoms. The molecule has 0 aliphatic carbocycles. The number of rotatable bonds is 8. The summed E-state index contributed by atoms with van der Waals surface area (Å²) in [5.41, 5.74) is 10.9. The summed E-state index contributed by atoms with van der Waals surface area (Å²) in [7, 11) is 0. The van der Waals surface area contributed by atoms with Gasteiger partial charge in [0.15, 0.2) is 0 Å². The molecule has 0 aromatic carbocycles. The van der Waals surface area contributed by atoms with Crippen LogP contribution in [-0.2, 0) is 4.79 Å². The molecule has 0 saturated heterocycles. The highest BCUT2D eigenvalue weighted by molar-refractivity contribution is 7.10. The number of primary amides is 1. The SMILES string of the molecule is CCC(N)(CC)CNC(=O)CC(NC(N)=O)c1cccs1.Cl. The highest BCUT2D eigenvalue weighted by Gasteiger charge is 2.23. The van der Waals surface area contributed by atoms with Crippen molar-refractivity contribution in [3.05, 3.63) is 22.4 Å². The number of thiophene rings is 1. The molecule has 0 fully saturated rings. The largest absolute Gasteiger partial charge is 0.354 e. The van der Waals surface area contributed by atoms with E-state index in [0.29, 0.717) is 6.54 Å². The number of hydrogen-bond acceptors (Lipinski definition) is 4. The molecule has 1 heterocycles. The van der Waals surface area contributed by atoms with E-state index in [-0.39, 0.29) is 30.3 Å². The van der Waals surface area contributed by atoms with Gasteiger partial charge in [0, 0.05) is 17.0 Å². The molecule has 0 aliphatic rings. The quantitative estimate of drug-likeness (QED) is 0.575. The van der Waals surface area contributed by atoms with E-state index in [4.69, 9.17) is 11.5 Å². The Morgan fingerprint density at radius 2 is 2.00 bits per heavy atom. The van der Waals surface area contributed by atoms with Crippen LogP contribution in [0.15, 0.2) is 17.5 Å². The minimum atomic E-state index is -0.642. The number of carbonyl (C=O) groups is 2. The lowest BCUT2D eigenvalue weighted by Gasteiger charge is -2.27. The predicted molar refractivity (Wildman–Crippen MR) is 92.2 cm³/mol. The van der Waals surface area contributed by atoms with E-state index in [0.717, 1.165) is 17.7 Å². The summed E-state index contributed by atoms with van der Waals surface area (Å²) in [6, 6.07) is 2.69. The van der Waals surface area contributed by atoms with Gasteiger partial charge in [0.05, 0.1) is 12.5 Å². The van der Waals surface area contributed by atoms with Crippen LogP contribution in [0.1, 0.15) is 44.0 Å². The minimum Gasteiger partial charge on any atom is -0.354 e. The van der Waals surface area contributed by atoms with Crippen LogP contribution in [0.5, 0.6) is 0 Å². The van der Waals surface area contributed by atoms with Crippen molar-refractivity contribution < 1.29 is 9.59 Å². The Hall–Kier alpha value is -1.31. The second-order valence-corrected chi connectivity index (χ2v) is 6.11. The topological polar surface area (TPSA) is 110 Å². The van der Waals surface area contributed by atoms with Gasteiger partial charge in [-0.25, -0.2) is 4.79 Å². The van der Waals surface area contributed by atoms with Crippen LogP contribution in [0.2, 0.25) is 0 Å². The minimum absolute atomic E-state index is 0. The summed E-state index contributed by atoms with van der Waals surface area (Å²) in [5, 5.41) is 7.33. The number of hydrogen-bond donors (Lipinski definition) is 4. The highest BCUT2D eigenvalue weighted by Crippen LogP contribution is 2.22. The number of carbonyl (C=O) groups excluding carboxylic acids is 2. The van der Waals surface area contributed by atoms with Crippen LogP contribution in [0.3, 0.4) is 0 Å². The Bertz CT molecular complexity index is 463. The van der Waals surface area contributed by atoms with Crippen molar-refractivity contribution in [2.45, 2.75) is 44.7 Å². The molecule has 1 unspecified atom stereocenters. The third kappa shape index (κ3) is 6.64. The lowest BCUT2D eigenvalue weighted by molar-refractivity contribution is -0.121. The van der Waals surface area contributed by atoms with E-state index >= 15 is 0 Å². The Labute approximate surface area is 141 Å². The maximum atomic E-state index is 12.1. The average Bonchev–Trinajstić information content (AvgIpc) is 2.98. The summed E-state index contributed by atoms with van der Waals surface area (Å²) in [6.07, 6.45) is 1.72. The number of amides is 3. The van der Waals surface area contributed by atoms with Gasteiger partial charge in [0.2, 0.25) is 5.91 Å². The molecule has 6 N–H and O–H groups in total. The van der Waals surface area contributed by atoms with E-state index in [2.05, 4.69) is 10.6 Å². The van der Waals surface area contributed by atoms with Gasteiger partial charge in [-0.1, -0.05) is 19.9 Å². The fourth-order valence-corrected chi connectivity index (χ4v) is 2.69. The maximum Gasteiger partial charge on any atom is 0.312 e. The van der Waals surface area contributed by atoms with E-state index in [1.807, 2.05) is 31.4 Å². The molecule has 1 rings (SSSR count). The van der Waals surface area contributed by atoms with Crippen molar-refractivity contribution >= 4 is 35.7 Å². The van der Waals surface area contributed by atoms with Gasteiger partial charge in [-0.15, -0.1) is 23.7 Å². The van der Waals surface area contributed by atoms with Gasteiger partial charge in [0.25, 0.3) is 0 Å². The summed E-state index contributed by atoms with van der Waals surface area (Å²) >= 11 is 1.47. The van der Waals surface area contributed by atoms with E-state index in [1.165, 1.54) is 11.3 Å². The van der Waals surface area contributed by atoms with Crippen LogP contribution in [-0.4, -0.2) is 24.0 Å². The normalized spacial score (nSPS) is 12.1. The Morgan fingerprint density at radius 1 is 1.36 bits per heavy atom. The summed E-state index contributed by atoms with van der Waals surface area (Å²) in [4.78, 5) is 24.0. The Morgan fingerprint density at radius 3 is 2.45 bits per heavy atom. The maximum absolute atomic E-state index is 12.1. The first-order valence-corrected chi connectivity index (χ1v) is 7.93. The van der Waals surface area contributed by atoms with Crippen LogP contribution >= 0.6 is 23.7 Å². The molecule has 126 valence electrons. The van der Waals surface area contributed by atoms with Crippen LogP contribution in [0.4, 0.5) is 4.79 Å². The summed E-state index contributed by atoms with van der Waals surface area (Å²) < 4.78 is 0. The molecular formula is C14H25ClN4O2S. The molecule has 0 radical (unpaired) electrons. The lowest BCUT2D eigenvalue weighted by Crippen LogP contribution is -2.49. The summed E-state index contributed by atoms with van der Waals surface area (Å²) in [5.74, 6) is -0.154. The first kappa shape index (κ1) is 20.7. The monoisotopic (exact) mass is 348 g/mol. The van der Waals surface area contributed by atoms with Gasteiger partial charge < -0.3 is 22.1 Å². The van der Waals surface area contributed by atoms with Gasteiger partial charge in [-0.2, -0.15) is 0 Å². The average molecular weight is 349 g/mol. The van der Waals surface area contributed by atoms with Crippen molar-refractivity contribution in [1.82, 2.24) is 10.6 Å². The smallest absolute Gasteiger partial charge is 0.312 e.